The molecule has 3 aliphatic rings. The molecule has 176 valence electrons. The topological polar surface area (TPSA) is 121 Å². The molecule has 1 aromatic carbocycles. The summed E-state index contributed by atoms with van der Waals surface area (Å²) < 4.78 is 21.7. The van der Waals surface area contributed by atoms with Gasteiger partial charge in [0.15, 0.2) is 0 Å². The number of halogens is 2. The van der Waals surface area contributed by atoms with Crippen LogP contribution in [-0.4, -0.2) is 52.6 Å². The fourth-order valence-electron chi connectivity index (χ4n) is 5.26. The Morgan fingerprint density at radius 1 is 1.24 bits per heavy atom. The van der Waals surface area contributed by atoms with Gasteiger partial charge < -0.3 is 29.7 Å². The third-order valence-corrected chi connectivity index (χ3v) is 7.11. The lowest BCUT2D eigenvalue weighted by Crippen LogP contribution is -2.40. The first kappa shape index (κ1) is 22.0. The highest BCUT2D eigenvalue weighted by Crippen LogP contribution is 2.45. The molecule has 2 aromatic rings. The number of hydrogen-bond donors (Lipinski definition) is 3. The molecule has 0 radical (unpaired) electrons. The van der Waals surface area contributed by atoms with Gasteiger partial charge in [-0.3, -0.25) is 9.59 Å². The van der Waals surface area contributed by atoms with Crippen molar-refractivity contribution < 1.29 is 28.9 Å². The van der Waals surface area contributed by atoms with Gasteiger partial charge in [0.25, 0.3) is 0 Å². The number of benzene rings is 1. The standard InChI is InChI=1S/C22H23ClFN3O6/c23-17-18-12(6-13(24)19(17)26-8-10-2-1-5-25-14(10)9-26)20(30)21(33-22(31)32)15(7-16(28)29)27(18)11-3-4-11/h6,10-11,14,25H,1-5,7-9H2,(H,28,29)(H,31,32)/t10-,14+/m0/s1. The summed E-state index contributed by atoms with van der Waals surface area (Å²) >= 11 is 6.77. The van der Waals surface area contributed by atoms with Gasteiger partial charge in [-0.15, -0.1) is 0 Å². The number of carboxylic acid groups (broad SMARTS) is 2. The van der Waals surface area contributed by atoms with Crippen LogP contribution in [-0.2, 0) is 11.2 Å². The van der Waals surface area contributed by atoms with Gasteiger partial charge in [0, 0.05) is 25.2 Å². The van der Waals surface area contributed by atoms with Crippen LogP contribution in [0.5, 0.6) is 5.75 Å². The van der Waals surface area contributed by atoms with Gasteiger partial charge in [0.05, 0.1) is 33.7 Å². The van der Waals surface area contributed by atoms with Crippen LogP contribution < -0.4 is 20.4 Å². The van der Waals surface area contributed by atoms with Gasteiger partial charge in [0.1, 0.15) is 5.82 Å². The summed E-state index contributed by atoms with van der Waals surface area (Å²) in [4.78, 5) is 37.9. The summed E-state index contributed by atoms with van der Waals surface area (Å²) in [6.45, 7) is 2.10. The quantitative estimate of drug-likeness (QED) is 0.560. The highest BCUT2D eigenvalue weighted by atomic mass is 35.5. The van der Waals surface area contributed by atoms with Crippen LogP contribution in [0.1, 0.15) is 37.4 Å². The molecule has 11 heteroatoms. The zero-order chi connectivity index (χ0) is 23.4. The van der Waals surface area contributed by atoms with Gasteiger partial charge in [0.2, 0.25) is 11.2 Å². The second kappa shape index (κ2) is 8.18. The van der Waals surface area contributed by atoms with E-state index in [0.717, 1.165) is 25.5 Å². The Morgan fingerprint density at radius 2 is 2.00 bits per heavy atom. The Balaban J connectivity index is 1.75. The van der Waals surface area contributed by atoms with Crippen LogP contribution in [0.3, 0.4) is 0 Å². The normalized spacial score (nSPS) is 22.4. The minimum absolute atomic E-state index is 0.0289. The summed E-state index contributed by atoms with van der Waals surface area (Å²) in [6, 6.07) is 1.11. The number of fused-ring (bicyclic) bond motifs is 2. The summed E-state index contributed by atoms with van der Waals surface area (Å²) in [6.07, 6.45) is 1.08. The summed E-state index contributed by atoms with van der Waals surface area (Å²) in [5.74, 6) is -2.20. The minimum atomic E-state index is -1.75. The number of anilines is 1. The monoisotopic (exact) mass is 479 g/mol. The van der Waals surface area contributed by atoms with E-state index >= 15 is 4.39 Å². The van der Waals surface area contributed by atoms with Crippen molar-refractivity contribution in [1.29, 1.82) is 0 Å². The molecule has 2 aliphatic heterocycles. The van der Waals surface area contributed by atoms with E-state index < -0.39 is 35.5 Å². The summed E-state index contributed by atoms with van der Waals surface area (Å²) in [5.41, 5.74) is -0.578. The van der Waals surface area contributed by atoms with Gasteiger partial charge in [-0.1, -0.05) is 11.6 Å². The fraction of sp³-hybridized carbons (Fsp3) is 0.500. The Kier molecular flexibility index (Phi) is 5.44. The lowest BCUT2D eigenvalue weighted by Gasteiger charge is -2.25. The molecule has 3 heterocycles. The number of ether oxygens (including phenoxy) is 1. The Labute approximate surface area is 192 Å². The summed E-state index contributed by atoms with van der Waals surface area (Å²) in [7, 11) is 0. The van der Waals surface area contributed by atoms with Crippen molar-refractivity contribution in [1.82, 2.24) is 9.88 Å². The van der Waals surface area contributed by atoms with Crippen LogP contribution in [0.4, 0.5) is 14.9 Å². The van der Waals surface area contributed by atoms with E-state index in [2.05, 4.69) is 5.32 Å². The number of piperidine rings is 1. The van der Waals surface area contributed by atoms with E-state index in [0.29, 0.717) is 31.8 Å². The minimum Gasteiger partial charge on any atom is -0.481 e. The van der Waals surface area contributed by atoms with Gasteiger partial charge in [-0.25, -0.2) is 9.18 Å². The predicted octanol–water partition coefficient (Wildman–Crippen LogP) is 3.00. The first-order valence-corrected chi connectivity index (χ1v) is 11.3. The van der Waals surface area contributed by atoms with Gasteiger partial charge >= 0.3 is 12.1 Å². The number of aliphatic carboxylic acids is 1. The molecule has 1 saturated carbocycles. The molecule has 0 amide bonds. The largest absolute Gasteiger partial charge is 0.511 e. The average Bonchev–Trinajstić information content (AvgIpc) is 3.49. The van der Waals surface area contributed by atoms with Crippen LogP contribution in [0.25, 0.3) is 10.9 Å². The number of carboxylic acids is 1. The fourth-order valence-corrected chi connectivity index (χ4v) is 5.66. The molecule has 33 heavy (non-hydrogen) atoms. The maximum absolute atomic E-state index is 15.4. The second-order valence-corrected chi connectivity index (χ2v) is 9.31. The maximum Gasteiger partial charge on any atom is 0.511 e. The number of nitrogens with one attached hydrogen (secondary N) is 1. The molecule has 0 unspecified atom stereocenters. The lowest BCUT2D eigenvalue weighted by atomic mass is 9.94. The molecule has 2 atom stereocenters. The number of nitrogens with zero attached hydrogens (tertiary/aromatic N) is 2. The highest BCUT2D eigenvalue weighted by molar-refractivity contribution is 6.38. The third kappa shape index (κ3) is 3.80. The molecular weight excluding hydrogens is 457 g/mol. The number of pyridine rings is 1. The van der Waals surface area contributed by atoms with Gasteiger partial charge in [-0.05, 0) is 44.2 Å². The molecule has 0 spiro atoms. The molecule has 3 fully saturated rings. The Hall–Kier alpha value is -2.85. The van der Waals surface area contributed by atoms with Crippen molar-refractivity contribution in [2.24, 2.45) is 5.92 Å². The molecule has 2 saturated heterocycles. The van der Waals surface area contributed by atoms with E-state index in [-0.39, 0.29) is 39.4 Å². The van der Waals surface area contributed by atoms with E-state index in [9.17, 15) is 19.5 Å². The first-order chi connectivity index (χ1) is 15.8. The number of rotatable bonds is 5. The summed E-state index contributed by atoms with van der Waals surface area (Å²) in [5, 5.41) is 21.9. The lowest BCUT2D eigenvalue weighted by molar-refractivity contribution is -0.136. The van der Waals surface area contributed by atoms with Crippen molar-refractivity contribution in [3.8, 4) is 5.75 Å². The zero-order valence-corrected chi connectivity index (χ0v) is 18.4. The molecule has 3 N–H and O–H groups in total. The van der Waals surface area contributed by atoms with E-state index in [4.69, 9.17) is 21.4 Å². The number of carbonyl (C=O) groups is 2. The highest BCUT2D eigenvalue weighted by Gasteiger charge is 2.38. The molecule has 9 nitrogen and oxygen atoms in total. The Bertz CT molecular complexity index is 1210. The molecule has 1 aromatic heterocycles. The van der Waals surface area contributed by atoms with Crippen LogP contribution in [0.15, 0.2) is 10.9 Å². The van der Waals surface area contributed by atoms with Crippen molar-refractivity contribution in [3.63, 3.8) is 0 Å². The maximum atomic E-state index is 15.4. The Morgan fingerprint density at radius 3 is 2.64 bits per heavy atom. The van der Waals surface area contributed by atoms with Crippen molar-refractivity contribution in [2.75, 3.05) is 24.5 Å². The third-order valence-electron chi connectivity index (χ3n) is 6.75. The molecular formula is C22H23ClFN3O6. The number of aromatic nitrogens is 1. The SMILES string of the molecule is O=C(O)Cc1c(OC(=O)O)c(=O)c2cc(F)c(N3C[C@@H]4CCCN[C@@H]4C3)c(Cl)c2n1C1CC1. The van der Waals surface area contributed by atoms with E-state index in [1.54, 1.807) is 4.57 Å². The van der Waals surface area contributed by atoms with Crippen LogP contribution in [0.2, 0.25) is 5.02 Å². The second-order valence-electron chi connectivity index (χ2n) is 8.93. The average molecular weight is 480 g/mol. The number of hydrogen-bond acceptors (Lipinski definition) is 6. The first-order valence-electron chi connectivity index (χ1n) is 11.0. The molecule has 5 rings (SSSR count). The van der Waals surface area contributed by atoms with Gasteiger partial charge in [-0.2, -0.15) is 0 Å². The zero-order valence-electron chi connectivity index (χ0n) is 17.6. The van der Waals surface area contributed by atoms with Crippen molar-refractivity contribution in [2.45, 2.75) is 44.2 Å². The smallest absolute Gasteiger partial charge is 0.481 e. The molecule has 1 aliphatic carbocycles. The van der Waals surface area contributed by atoms with E-state index in [1.807, 2.05) is 4.90 Å². The van der Waals surface area contributed by atoms with Crippen LogP contribution in [0, 0.1) is 11.7 Å². The molecule has 0 bridgehead atoms. The van der Waals surface area contributed by atoms with Crippen LogP contribution >= 0.6 is 11.6 Å². The van der Waals surface area contributed by atoms with Crippen molar-refractivity contribution in [3.05, 3.63) is 32.8 Å². The van der Waals surface area contributed by atoms with E-state index in [1.165, 1.54) is 0 Å². The predicted molar refractivity (Wildman–Crippen MR) is 118 cm³/mol. The van der Waals surface area contributed by atoms with Crippen molar-refractivity contribution >= 4 is 40.3 Å².